The maximum absolute atomic E-state index is 10.9. The third-order valence-corrected chi connectivity index (χ3v) is 3.83. The lowest BCUT2D eigenvalue weighted by molar-refractivity contribution is -0.129. The van der Waals surface area contributed by atoms with Gasteiger partial charge in [-0.1, -0.05) is 30.3 Å². The molecule has 1 heterocycles. The van der Waals surface area contributed by atoms with Crippen molar-refractivity contribution in [2.45, 2.75) is 25.7 Å². The summed E-state index contributed by atoms with van der Waals surface area (Å²) in [5.41, 5.74) is 1.21. The number of rotatable bonds is 7. The fraction of sp³-hybridized carbons (Fsp3) is 0.562. The number of likely N-dealkylation sites (tertiary alicyclic amines) is 1. The number of hydrogen-bond acceptors (Lipinski definition) is 4. The van der Waals surface area contributed by atoms with Gasteiger partial charge in [-0.25, -0.2) is 0 Å². The Morgan fingerprint density at radius 1 is 1.30 bits per heavy atom. The molecule has 20 heavy (non-hydrogen) atoms. The Kier molecular flexibility index (Phi) is 6.18. The van der Waals surface area contributed by atoms with Gasteiger partial charge in [0, 0.05) is 26.8 Å². The van der Waals surface area contributed by atoms with E-state index in [9.17, 15) is 4.79 Å². The van der Waals surface area contributed by atoms with Crippen molar-refractivity contribution >= 4 is 6.29 Å². The van der Waals surface area contributed by atoms with E-state index in [1.165, 1.54) is 5.56 Å². The number of carbonyl (C=O) groups excluding carboxylic acids is 1. The monoisotopic (exact) mass is 277 g/mol. The molecule has 1 aliphatic heterocycles. The van der Waals surface area contributed by atoms with Crippen molar-refractivity contribution < 1.29 is 14.3 Å². The number of methoxy groups -OCH3 is 1. The van der Waals surface area contributed by atoms with Crippen LogP contribution in [0.3, 0.4) is 0 Å². The lowest BCUT2D eigenvalue weighted by atomic mass is 9.97. The molecular formula is C16H23NO3. The van der Waals surface area contributed by atoms with Gasteiger partial charge in [0.2, 0.25) is 0 Å². The van der Waals surface area contributed by atoms with E-state index in [1.807, 2.05) is 18.2 Å². The highest BCUT2D eigenvalue weighted by molar-refractivity contribution is 5.55. The summed E-state index contributed by atoms with van der Waals surface area (Å²) in [5, 5.41) is 0. The molecule has 4 heteroatoms. The third kappa shape index (κ3) is 4.40. The minimum absolute atomic E-state index is 0.388. The van der Waals surface area contributed by atoms with E-state index >= 15 is 0 Å². The zero-order chi connectivity index (χ0) is 14.2. The van der Waals surface area contributed by atoms with Gasteiger partial charge in [-0.3, -0.25) is 9.69 Å². The lowest BCUT2D eigenvalue weighted by Crippen LogP contribution is -2.43. The van der Waals surface area contributed by atoms with E-state index in [0.717, 1.165) is 38.8 Å². The molecule has 0 aromatic heterocycles. The van der Waals surface area contributed by atoms with Crippen LogP contribution >= 0.6 is 0 Å². The maximum atomic E-state index is 10.9. The van der Waals surface area contributed by atoms with Crippen LogP contribution in [0, 0.1) is 5.92 Å². The van der Waals surface area contributed by atoms with Crippen molar-refractivity contribution in [2.75, 3.05) is 26.8 Å². The molecule has 0 N–H and O–H groups in total. The van der Waals surface area contributed by atoms with Crippen LogP contribution in [-0.4, -0.2) is 44.2 Å². The minimum atomic E-state index is -0.388. The second kappa shape index (κ2) is 8.15. The Morgan fingerprint density at radius 3 is 2.60 bits per heavy atom. The smallest absolute Gasteiger partial charge is 0.166 e. The van der Waals surface area contributed by atoms with Crippen LogP contribution in [0.5, 0.6) is 0 Å². The highest BCUT2D eigenvalue weighted by atomic mass is 16.5. The molecule has 1 fully saturated rings. The number of aldehydes is 1. The molecule has 0 saturated carbocycles. The topological polar surface area (TPSA) is 38.8 Å². The summed E-state index contributed by atoms with van der Waals surface area (Å²) in [6, 6.07) is 10.2. The minimum Gasteiger partial charge on any atom is -0.376 e. The standard InChI is InChI=1S/C16H23NO3/c1-19-16(11-18)17-9-7-15(8-10-17)13-20-12-14-5-3-2-4-6-14/h2-6,11,15-16H,7-10,12-13H2,1H3/t16-/m0/s1. The Morgan fingerprint density at radius 2 is 2.00 bits per heavy atom. The number of ether oxygens (including phenoxy) is 2. The number of piperidine rings is 1. The second-order valence-electron chi connectivity index (χ2n) is 5.24. The van der Waals surface area contributed by atoms with Crippen LogP contribution in [0.1, 0.15) is 18.4 Å². The summed E-state index contributed by atoms with van der Waals surface area (Å²) in [6.45, 7) is 3.27. The summed E-state index contributed by atoms with van der Waals surface area (Å²) in [5.74, 6) is 0.583. The van der Waals surface area contributed by atoms with Crippen molar-refractivity contribution in [3.8, 4) is 0 Å². The molecule has 0 amide bonds. The third-order valence-electron chi connectivity index (χ3n) is 3.83. The van der Waals surface area contributed by atoms with Crippen LogP contribution < -0.4 is 0 Å². The Hall–Kier alpha value is -1.23. The molecule has 0 unspecified atom stereocenters. The van der Waals surface area contributed by atoms with Crippen molar-refractivity contribution in [3.05, 3.63) is 35.9 Å². The lowest BCUT2D eigenvalue weighted by Gasteiger charge is -2.34. The molecule has 1 atom stereocenters. The van der Waals surface area contributed by atoms with Gasteiger partial charge in [-0.2, -0.15) is 0 Å². The molecule has 4 nitrogen and oxygen atoms in total. The van der Waals surface area contributed by atoms with E-state index in [1.54, 1.807) is 7.11 Å². The van der Waals surface area contributed by atoms with Gasteiger partial charge in [-0.05, 0) is 24.3 Å². The van der Waals surface area contributed by atoms with Gasteiger partial charge in [0.05, 0.1) is 6.61 Å². The second-order valence-corrected chi connectivity index (χ2v) is 5.24. The summed E-state index contributed by atoms with van der Waals surface area (Å²) in [4.78, 5) is 12.9. The molecular weight excluding hydrogens is 254 g/mol. The van der Waals surface area contributed by atoms with Crippen LogP contribution in [0.4, 0.5) is 0 Å². The molecule has 1 saturated heterocycles. The molecule has 0 spiro atoms. The van der Waals surface area contributed by atoms with E-state index in [0.29, 0.717) is 12.5 Å². The normalized spacial score (nSPS) is 18.9. The Bertz CT molecular complexity index is 388. The quantitative estimate of drug-likeness (QED) is 0.715. The van der Waals surface area contributed by atoms with Crippen LogP contribution in [0.15, 0.2) is 30.3 Å². The molecule has 0 aliphatic carbocycles. The van der Waals surface area contributed by atoms with Crippen molar-refractivity contribution in [3.63, 3.8) is 0 Å². The molecule has 110 valence electrons. The fourth-order valence-corrected chi connectivity index (χ4v) is 2.58. The van der Waals surface area contributed by atoms with Crippen molar-refractivity contribution in [2.24, 2.45) is 5.92 Å². The van der Waals surface area contributed by atoms with Crippen LogP contribution in [0.25, 0.3) is 0 Å². The average molecular weight is 277 g/mol. The van der Waals surface area contributed by atoms with E-state index in [-0.39, 0.29) is 6.23 Å². The van der Waals surface area contributed by atoms with Crippen LogP contribution in [-0.2, 0) is 20.9 Å². The van der Waals surface area contributed by atoms with Gasteiger partial charge in [0.25, 0.3) is 0 Å². The predicted molar refractivity (Wildman–Crippen MR) is 77.3 cm³/mol. The zero-order valence-electron chi connectivity index (χ0n) is 12.0. The first-order valence-electron chi connectivity index (χ1n) is 7.17. The zero-order valence-corrected chi connectivity index (χ0v) is 12.0. The van der Waals surface area contributed by atoms with Gasteiger partial charge >= 0.3 is 0 Å². The molecule has 0 bridgehead atoms. The van der Waals surface area contributed by atoms with Gasteiger partial charge in [-0.15, -0.1) is 0 Å². The Balaban J connectivity index is 1.66. The number of benzene rings is 1. The molecule has 2 rings (SSSR count). The molecule has 1 aromatic carbocycles. The first-order chi connectivity index (χ1) is 9.83. The molecule has 0 radical (unpaired) electrons. The largest absolute Gasteiger partial charge is 0.376 e. The van der Waals surface area contributed by atoms with Gasteiger partial charge in [0.15, 0.2) is 12.5 Å². The summed E-state index contributed by atoms with van der Waals surface area (Å²) >= 11 is 0. The number of hydrogen-bond donors (Lipinski definition) is 0. The Labute approximate surface area is 120 Å². The summed E-state index contributed by atoms with van der Waals surface area (Å²) in [7, 11) is 1.58. The number of nitrogens with zero attached hydrogens (tertiary/aromatic N) is 1. The number of carbonyl (C=O) groups is 1. The average Bonchev–Trinajstić information content (AvgIpc) is 2.51. The van der Waals surface area contributed by atoms with Crippen LogP contribution in [0.2, 0.25) is 0 Å². The van der Waals surface area contributed by atoms with Crippen molar-refractivity contribution in [1.29, 1.82) is 0 Å². The SMILES string of the molecule is CO[C@@H](C=O)N1CCC(COCc2ccccc2)CC1. The highest BCUT2D eigenvalue weighted by Gasteiger charge is 2.24. The predicted octanol–water partition coefficient (Wildman–Crippen LogP) is 2.09. The highest BCUT2D eigenvalue weighted by Crippen LogP contribution is 2.19. The maximum Gasteiger partial charge on any atom is 0.166 e. The van der Waals surface area contributed by atoms with E-state index < -0.39 is 0 Å². The van der Waals surface area contributed by atoms with E-state index in [4.69, 9.17) is 9.47 Å². The van der Waals surface area contributed by atoms with Crippen molar-refractivity contribution in [1.82, 2.24) is 4.90 Å². The summed E-state index contributed by atoms with van der Waals surface area (Å²) < 4.78 is 10.9. The molecule has 1 aromatic rings. The first-order valence-corrected chi connectivity index (χ1v) is 7.17. The van der Waals surface area contributed by atoms with Gasteiger partial charge < -0.3 is 9.47 Å². The van der Waals surface area contributed by atoms with Gasteiger partial charge in [0.1, 0.15) is 0 Å². The first kappa shape index (κ1) is 15.2. The fourth-order valence-electron chi connectivity index (χ4n) is 2.58. The molecule has 1 aliphatic rings. The summed E-state index contributed by atoms with van der Waals surface area (Å²) in [6.07, 6.45) is 2.60. The van der Waals surface area contributed by atoms with E-state index in [2.05, 4.69) is 17.0 Å².